The van der Waals surface area contributed by atoms with Crippen molar-refractivity contribution in [2.75, 3.05) is 18.4 Å². The second-order valence-corrected chi connectivity index (χ2v) is 6.17. The number of aromatic nitrogens is 1. The molecule has 4 nitrogen and oxygen atoms in total. The van der Waals surface area contributed by atoms with E-state index < -0.39 is 0 Å². The van der Waals surface area contributed by atoms with Crippen LogP contribution < -0.4 is 10.6 Å². The standard InChI is InChI=1S/C15H17N3OS/c1-10-17-14(9-20-10)12-3-2-4-13(6-12)18-15(19)5-11-7-16-8-11/h2-4,6,9,11,16H,5,7-8H2,1H3,(H,18,19). The highest BCUT2D eigenvalue weighted by molar-refractivity contribution is 7.09. The second kappa shape index (κ2) is 5.73. The Labute approximate surface area is 122 Å². The molecule has 104 valence electrons. The molecule has 0 aliphatic carbocycles. The number of hydrogen-bond acceptors (Lipinski definition) is 4. The lowest BCUT2D eigenvalue weighted by Crippen LogP contribution is -2.43. The van der Waals surface area contributed by atoms with Crippen molar-refractivity contribution >= 4 is 22.9 Å². The van der Waals surface area contributed by atoms with Gasteiger partial charge in [0.25, 0.3) is 0 Å². The van der Waals surface area contributed by atoms with Crippen molar-refractivity contribution in [3.8, 4) is 11.3 Å². The molecule has 1 aliphatic heterocycles. The topological polar surface area (TPSA) is 54.0 Å². The summed E-state index contributed by atoms with van der Waals surface area (Å²) in [6.07, 6.45) is 0.590. The molecule has 2 heterocycles. The smallest absolute Gasteiger partial charge is 0.224 e. The Morgan fingerprint density at radius 3 is 3.00 bits per heavy atom. The maximum Gasteiger partial charge on any atom is 0.224 e. The summed E-state index contributed by atoms with van der Waals surface area (Å²) in [6, 6.07) is 7.86. The van der Waals surface area contributed by atoms with E-state index in [4.69, 9.17) is 0 Å². The Bertz CT molecular complexity index is 619. The number of rotatable bonds is 4. The van der Waals surface area contributed by atoms with Gasteiger partial charge in [-0.15, -0.1) is 11.3 Å². The fraction of sp³-hybridized carbons (Fsp3) is 0.333. The van der Waals surface area contributed by atoms with Gasteiger partial charge in [0.15, 0.2) is 0 Å². The first-order chi connectivity index (χ1) is 9.70. The van der Waals surface area contributed by atoms with Crippen LogP contribution in [0.15, 0.2) is 29.6 Å². The lowest BCUT2D eigenvalue weighted by Gasteiger charge is -2.26. The number of nitrogens with one attached hydrogen (secondary N) is 2. The highest BCUT2D eigenvalue weighted by Crippen LogP contribution is 2.24. The minimum Gasteiger partial charge on any atom is -0.326 e. The van der Waals surface area contributed by atoms with Crippen LogP contribution in [0, 0.1) is 12.8 Å². The molecule has 1 aromatic heterocycles. The average molecular weight is 287 g/mol. The molecule has 0 spiro atoms. The van der Waals surface area contributed by atoms with E-state index in [0.717, 1.165) is 35.0 Å². The third-order valence-electron chi connectivity index (χ3n) is 3.40. The molecule has 3 rings (SSSR count). The second-order valence-electron chi connectivity index (χ2n) is 5.11. The van der Waals surface area contributed by atoms with E-state index in [1.165, 1.54) is 0 Å². The molecule has 1 fully saturated rings. The van der Waals surface area contributed by atoms with Crippen LogP contribution in [0.1, 0.15) is 11.4 Å². The lowest BCUT2D eigenvalue weighted by atomic mass is 9.99. The summed E-state index contributed by atoms with van der Waals surface area (Å²) in [7, 11) is 0. The normalized spacial score (nSPS) is 14.8. The summed E-state index contributed by atoms with van der Waals surface area (Å²) in [5.41, 5.74) is 2.84. The van der Waals surface area contributed by atoms with Gasteiger partial charge in [0, 0.05) is 23.1 Å². The summed E-state index contributed by atoms with van der Waals surface area (Å²) in [5.74, 6) is 0.572. The van der Waals surface area contributed by atoms with Gasteiger partial charge in [0.1, 0.15) is 0 Å². The first-order valence-corrected chi connectivity index (χ1v) is 7.62. The number of carbonyl (C=O) groups excluding carboxylic acids is 1. The first kappa shape index (κ1) is 13.3. The van der Waals surface area contributed by atoms with Crippen LogP contribution in [0.25, 0.3) is 11.3 Å². The van der Waals surface area contributed by atoms with E-state index in [1.54, 1.807) is 11.3 Å². The Hall–Kier alpha value is -1.72. The zero-order chi connectivity index (χ0) is 13.9. The molecule has 5 heteroatoms. The molecular weight excluding hydrogens is 270 g/mol. The van der Waals surface area contributed by atoms with Crippen LogP contribution >= 0.6 is 11.3 Å². The van der Waals surface area contributed by atoms with Gasteiger partial charge in [-0.25, -0.2) is 4.98 Å². The number of carbonyl (C=O) groups is 1. The van der Waals surface area contributed by atoms with Gasteiger partial charge in [-0.05, 0) is 38.1 Å². The van der Waals surface area contributed by atoms with Gasteiger partial charge in [-0.1, -0.05) is 12.1 Å². The number of hydrogen-bond donors (Lipinski definition) is 2. The van der Waals surface area contributed by atoms with Crippen molar-refractivity contribution in [1.29, 1.82) is 0 Å². The molecular formula is C15H17N3OS. The summed E-state index contributed by atoms with van der Waals surface area (Å²) >= 11 is 1.63. The van der Waals surface area contributed by atoms with Crippen LogP contribution in [-0.2, 0) is 4.79 Å². The largest absolute Gasteiger partial charge is 0.326 e. The maximum absolute atomic E-state index is 11.9. The maximum atomic E-state index is 11.9. The SMILES string of the molecule is Cc1nc(-c2cccc(NC(=O)CC3CNC3)c2)cs1. The van der Waals surface area contributed by atoms with E-state index in [0.29, 0.717) is 12.3 Å². The summed E-state index contributed by atoms with van der Waals surface area (Å²) in [4.78, 5) is 16.4. The summed E-state index contributed by atoms with van der Waals surface area (Å²) in [5, 5.41) is 9.23. The molecule has 1 amide bonds. The van der Waals surface area contributed by atoms with Gasteiger partial charge < -0.3 is 10.6 Å². The predicted molar refractivity (Wildman–Crippen MR) is 81.9 cm³/mol. The lowest BCUT2D eigenvalue weighted by molar-refractivity contribution is -0.117. The zero-order valence-electron chi connectivity index (χ0n) is 11.3. The van der Waals surface area contributed by atoms with Gasteiger partial charge in [-0.3, -0.25) is 4.79 Å². The summed E-state index contributed by atoms with van der Waals surface area (Å²) in [6.45, 7) is 3.89. The third kappa shape index (κ3) is 3.05. The Balaban J connectivity index is 1.69. The fourth-order valence-corrected chi connectivity index (χ4v) is 2.84. The van der Waals surface area contributed by atoms with Crippen LogP contribution in [0.5, 0.6) is 0 Å². The van der Waals surface area contributed by atoms with Crippen molar-refractivity contribution in [2.45, 2.75) is 13.3 Å². The Morgan fingerprint density at radius 2 is 2.35 bits per heavy atom. The van der Waals surface area contributed by atoms with Crippen molar-refractivity contribution in [2.24, 2.45) is 5.92 Å². The molecule has 0 bridgehead atoms. The van der Waals surface area contributed by atoms with Crippen LogP contribution in [0.2, 0.25) is 0 Å². The fourth-order valence-electron chi connectivity index (χ4n) is 2.22. The van der Waals surface area contributed by atoms with Crippen molar-refractivity contribution in [1.82, 2.24) is 10.3 Å². The minimum absolute atomic E-state index is 0.0862. The molecule has 0 saturated carbocycles. The molecule has 0 unspecified atom stereocenters. The van der Waals surface area contributed by atoms with Gasteiger partial charge in [0.05, 0.1) is 10.7 Å². The Morgan fingerprint density at radius 1 is 1.50 bits per heavy atom. The molecule has 1 aromatic carbocycles. The predicted octanol–water partition coefficient (Wildman–Crippen LogP) is 2.67. The van der Waals surface area contributed by atoms with E-state index >= 15 is 0 Å². The molecule has 1 aliphatic rings. The monoisotopic (exact) mass is 287 g/mol. The first-order valence-electron chi connectivity index (χ1n) is 6.74. The van der Waals surface area contributed by atoms with E-state index in [2.05, 4.69) is 15.6 Å². The molecule has 0 atom stereocenters. The van der Waals surface area contributed by atoms with E-state index in [9.17, 15) is 4.79 Å². The highest BCUT2D eigenvalue weighted by atomic mass is 32.1. The minimum atomic E-state index is 0.0862. The number of aryl methyl sites for hydroxylation is 1. The van der Waals surface area contributed by atoms with E-state index in [-0.39, 0.29) is 5.91 Å². The molecule has 0 radical (unpaired) electrons. The summed E-state index contributed by atoms with van der Waals surface area (Å²) < 4.78 is 0. The zero-order valence-corrected chi connectivity index (χ0v) is 12.2. The van der Waals surface area contributed by atoms with Crippen LogP contribution in [-0.4, -0.2) is 24.0 Å². The van der Waals surface area contributed by atoms with Crippen molar-refractivity contribution in [3.05, 3.63) is 34.7 Å². The molecule has 20 heavy (non-hydrogen) atoms. The number of anilines is 1. The highest BCUT2D eigenvalue weighted by Gasteiger charge is 2.20. The van der Waals surface area contributed by atoms with Gasteiger partial charge in [0.2, 0.25) is 5.91 Å². The molecule has 2 N–H and O–H groups in total. The Kier molecular flexibility index (Phi) is 3.80. The number of thiazole rings is 1. The van der Waals surface area contributed by atoms with Crippen molar-refractivity contribution in [3.63, 3.8) is 0 Å². The van der Waals surface area contributed by atoms with Crippen LogP contribution in [0.4, 0.5) is 5.69 Å². The van der Waals surface area contributed by atoms with E-state index in [1.807, 2.05) is 36.6 Å². The third-order valence-corrected chi connectivity index (χ3v) is 4.17. The number of amides is 1. The molecule has 1 saturated heterocycles. The molecule has 2 aromatic rings. The van der Waals surface area contributed by atoms with Crippen LogP contribution in [0.3, 0.4) is 0 Å². The average Bonchev–Trinajstić information content (AvgIpc) is 2.81. The quantitative estimate of drug-likeness (QED) is 0.909. The number of benzene rings is 1. The van der Waals surface area contributed by atoms with Gasteiger partial charge in [-0.2, -0.15) is 0 Å². The number of nitrogens with zero attached hydrogens (tertiary/aromatic N) is 1. The van der Waals surface area contributed by atoms with Crippen molar-refractivity contribution < 1.29 is 4.79 Å². The van der Waals surface area contributed by atoms with Gasteiger partial charge >= 0.3 is 0 Å².